The van der Waals surface area contributed by atoms with Gasteiger partial charge in [0.15, 0.2) is 0 Å². The molecule has 0 spiro atoms. The molecule has 2 heterocycles. The van der Waals surface area contributed by atoms with Crippen LogP contribution in [0.25, 0.3) is 0 Å². The lowest BCUT2D eigenvalue weighted by atomic mass is 9.98. The first-order valence-electron chi connectivity index (χ1n) is 9.10. The molecule has 1 unspecified atom stereocenters. The normalized spacial score (nSPS) is 21.7. The molecule has 2 aromatic rings. The van der Waals surface area contributed by atoms with E-state index >= 15 is 0 Å². The van der Waals surface area contributed by atoms with E-state index < -0.39 is 0 Å². The van der Waals surface area contributed by atoms with Crippen molar-refractivity contribution in [3.63, 3.8) is 0 Å². The molecule has 5 heteroatoms. The van der Waals surface area contributed by atoms with Crippen LogP contribution in [0, 0.1) is 0 Å². The van der Waals surface area contributed by atoms with Crippen molar-refractivity contribution in [2.45, 2.75) is 38.0 Å². The minimum absolute atomic E-state index is 0.485. The zero-order chi connectivity index (χ0) is 17.6. The molecule has 0 radical (unpaired) electrons. The number of aryl methyl sites for hydroxylation is 1. The molecule has 132 valence electrons. The van der Waals surface area contributed by atoms with Crippen LogP contribution in [0.15, 0.2) is 24.5 Å². The second-order valence-corrected chi connectivity index (χ2v) is 8.04. The molecule has 1 aliphatic carbocycles. The third kappa shape index (κ3) is 3.02. The number of aromatic nitrogens is 2. The predicted octanol–water partition coefficient (Wildman–Crippen LogP) is 4.37. The van der Waals surface area contributed by atoms with E-state index in [1.54, 1.807) is 6.33 Å². The molecule has 1 aromatic carbocycles. The lowest BCUT2D eigenvalue weighted by Crippen LogP contribution is -2.21. The Morgan fingerprint density at radius 1 is 1.28 bits per heavy atom. The largest absolute Gasteiger partial charge is 0.325 e. The third-order valence-electron chi connectivity index (χ3n) is 5.56. The van der Waals surface area contributed by atoms with Crippen LogP contribution in [0.2, 0.25) is 5.02 Å². The van der Waals surface area contributed by atoms with Crippen LogP contribution in [0.3, 0.4) is 0 Å². The summed E-state index contributed by atoms with van der Waals surface area (Å²) in [6, 6.07) is 6.29. The number of benzene rings is 1. The van der Waals surface area contributed by atoms with Crippen LogP contribution in [-0.2, 0) is 6.42 Å². The summed E-state index contributed by atoms with van der Waals surface area (Å²) in [5.41, 5.74) is 5.18. The number of anilines is 2. The average molecular weight is 357 g/mol. The fourth-order valence-corrected chi connectivity index (χ4v) is 4.40. The van der Waals surface area contributed by atoms with Crippen molar-refractivity contribution in [3.8, 4) is 0 Å². The Morgan fingerprint density at radius 2 is 2.12 bits per heavy atom. The topological polar surface area (TPSA) is 32.3 Å². The van der Waals surface area contributed by atoms with Gasteiger partial charge in [0.25, 0.3) is 0 Å². The molecule has 0 saturated carbocycles. The minimum atomic E-state index is 0.485. The molecule has 0 N–H and O–H groups in total. The van der Waals surface area contributed by atoms with Gasteiger partial charge in [-0.15, -0.1) is 0 Å². The summed E-state index contributed by atoms with van der Waals surface area (Å²) >= 11 is 6.31. The van der Waals surface area contributed by atoms with Crippen LogP contribution in [-0.4, -0.2) is 42.1 Å². The van der Waals surface area contributed by atoms with Gasteiger partial charge < -0.3 is 9.80 Å². The van der Waals surface area contributed by atoms with E-state index in [-0.39, 0.29) is 0 Å². The molecule has 1 aromatic heterocycles. The summed E-state index contributed by atoms with van der Waals surface area (Å²) in [4.78, 5) is 13.9. The van der Waals surface area contributed by atoms with Gasteiger partial charge in [-0.1, -0.05) is 18.5 Å². The van der Waals surface area contributed by atoms with E-state index in [9.17, 15) is 0 Å². The van der Waals surface area contributed by atoms with Crippen LogP contribution in [0.4, 0.5) is 11.5 Å². The second kappa shape index (κ2) is 6.58. The van der Waals surface area contributed by atoms with Crippen molar-refractivity contribution in [2.24, 2.45) is 0 Å². The molecule has 0 amide bonds. The molecule has 2 atom stereocenters. The Labute approximate surface area is 154 Å². The highest BCUT2D eigenvalue weighted by molar-refractivity contribution is 6.30. The lowest BCUT2D eigenvalue weighted by Gasteiger charge is -2.23. The van der Waals surface area contributed by atoms with E-state index in [1.165, 1.54) is 28.9 Å². The summed E-state index contributed by atoms with van der Waals surface area (Å²) in [6.07, 6.45) is 5.10. The average Bonchev–Trinajstić information content (AvgIpc) is 3.14. The molecule has 4 rings (SSSR count). The SMILES string of the molecule is CC1CCc2ncnc(N3C[C@H](CCN(C)C)c4cc(Cl)ccc43)c21. The van der Waals surface area contributed by atoms with Gasteiger partial charge in [-0.05, 0) is 69.6 Å². The highest BCUT2D eigenvalue weighted by atomic mass is 35.5. The first kappa shape index (κ1) is 16.8. The van der Waals surface area contributed by atoms with Gasteiger partial charge in [0.05, 0.1) is 0 Å². The third-order valence-corrected chi connectivity index (χ3v) is 5.79. The van der Waals surface area contributed by atoms with Gasteiger partial charge in [-0.3, -0.25) is 0 Å². The van der Waals surface area contributed by atoms with Crippen molar-refractivity contribution in [2.75, 3.05) is 32.1 Å². The molecule has 0 saturated heterocycles. The van der Waals surface area contributed by atoms with Gasteiger partial charge >= 0.3 is 0 Å². The van der Waals surface area contributed by atoms with Gasteiger partial charge in [-0.2, -0.15) is 0 Å². The number of halogens is 1. The molecule has 25 heavy (non-hydrogen) atoms. The summed E-state index contributed by atoms with van der Waals surface area (Å²) < 4.78 is 0. The lowest BCUT2D eigenvalue weighted by molar-refractivity contribution is 0.385. The van der Waals surface area contributed by atoms with Crippen molar-refractivity contribution in [3.05, 3.63) is 46.4 Å². The predicted molar refractivity (Wildman–Crippen MR) is 103 cm³/mol. The zero-order valence-electron chi connectivity index (χ0n) is 15.2. The molecular weight excluding hydrogens is 332 g/mol. The Hall–Kier alpha value is -1.65. The van der Waals surface area contributed by atoms with Crippen LogP contribution >= 0.6 is 11.6 Å². The molecule has 2 aliphatic rings. The van der Waals surface area contributed by atoms with E-state index in [2.05, 4.69) is 47.9 Å². The summed E-state index contributed by atoms with van der Waals surface area (Å²) in [7, 11) is 4.26. The van der Waals surface area contributed by atoms with Crippen LogP contribution in [0.1, 0.15) is 48.4 Å². The van der Waals surface area contributed by atoms with Crippen LogP contribution in [0.5, 0.6) is 0 Å². The number of hydrogen-bond donors (Lipinski definition) is 0. The maximum absolute atomic E-state index is 6.31. The Bertz CT molecular complexity index is 789. The number of fused-ring (bicyclic) bond motifs is 2. The van der Waals surface area contributed by atoms with Crippen molar-refractivity contribution in [1.29, 1.82) is 0 Å². The Kier molecular flexibility index (Phi) is 4.42. The Morgan fingerprint density at radius 3 is 2.92 bits per heavy atom. The molecule has 4 nitrogen and oxygen atoms in total. The summed E-state index contributed by atoms with van der Waals surface area (Å²) in [5, 5.41) is 0.816. The molecular formula is C20H25ClN4. The summed E-state index contributed by atoms with van der Waals surface area (Å²) in [6.45, 7) is 4.34. The fraction of sp³-hybridized carbons (Fsp3) is 0.500. The quantitative estimate of drug-likeness (QED) is 0.814. The molecule has 0 fully saturated rings. The van der Waals surface area contributed by atoms with Gasteiger partial charge in [-0.25, -0.2) is 9.97 Å². The van der Waals surface area contributed by atoms with E-state index in [0.717, 1.165) is 36.8 Å². The van der Waals surface area contributed by atoms with E-state index in [0.29, 0.717) is 11.8 Å². The maximum atomic E-state index is 6.31. The van der Waals surface area contributed by atoms with E-state index in [4.69, 9.17) is 16.6 Å². The maximum Gasteiger partial charge on any atom is 0.140 e. The minimum Gasteiger partial charge on any atom is -0.325 e. The van der Waals surface area contributed by atoms with E-state index in [1.807, 2.05) is 6.07 Å². The molecule has 1 aliphatic heterocycles. The number of rotatable bonds is 4. The highest BCUT2D eigenvalue weighted by Gasteiger charge is 2.34. The van der Waals surface area contributed by atoms with Gasteiger partial charge in [0.2, 0.25) is 0 Å². The van der Waals surface area contributed by atoms with Crippen LogP contribution < -0.4 is 4.90 Å². The van der Waals surface area contributed by atoms with Crippen molar-refractivity contribution < 1.29 is 0 Å². The Balaban J connectivity index is 1.74. The zero-order valence-corrected chi connectivity index (χ0v) is 15.9. The monoisotopic (exact) mass is 356 g/mol. The standard InChI is InChI=1S/C20H25ClN4/c1-13-4-6-17-19(13)20(23-12-22-17)25-11-14(8-9-24(2)3)16-10-15(21)5-7-18(16)25/h5,7,10,12-14H,4,6,8-9,11H2,1-3H3/t13?,14-/m0/s1. The first-order chi connectivity index (χ1) is 12.0. The van der Waals surface area contributed by atoms with Gasteiger partial charge in [0, 0.05) is 34.4 Å². The van der Waals surface area contributed by atoms with Crippen molar-refractivity contribution >= 4 is 23.1 Å². The highest BCUT2D eigenvalue weighted by Crippen LogP contribution is 2.46. The fourth-order valence-electron chi connectivity index (χ4n) is 4.21. The second-order valence-electron chi connectivity index (χ2n) is 7.60. The summed E-state index contributed by atoms with van der Waals surface area (Å²) in [5.74, 6) is 2.12. The number of hydrogen-bond acceptors (Lipinski definition) is 4. The molecule has 0 bridgehead atoms. The van der Waals surface area contributed by atoms with Crippen molar-refractivity contribution in [1.82, 2.24) is 14.9 Å². The number of nitrogens with zero attached hydrogens (tertiary/aromatic N) is 4. The van der Waals surface area contributed by atoms with Gasteiger partial charge in [0.1, 0.15) is 12.1 Å². The smallest absolute Gasteiger partial charge is 0.140 e. The first-order valence-corrected chi connectivity index (χ1v) is 9.48.